The maximum Gasteiger partial charge on any atom is 0.274 e. The van der Waals surface area contributed by atoms with Crippen LogP contribution >= 0.6 is 0 Å². The fourth-order valence-electron chi connectivity index (χ4n) is 5.83. The average molecular weight is 565 g/mol. The quantitative estimate of drug-likeness (QED) is 0.440. The van der Waals surface area contributed by atoms with Crippen molar-refractivity contribution in [2.45, 2.75) is 73.5 Å². The van der Waals surface area contributed by atoms with Crippen LogP contribution in [-0.2, 0) is 9.84 Å². The van der Waals surface area contributed by atoms with Crippen molar-refractivity contribution in [3.8, 4) is 0 Å². The molecule has 0 bridgehead atoms. The molecule has 4 aliphatic rings. The number of pyridine rings is 1. The molecule has 1 spiro atoms. The van der Waals surface area contributed by atoms with Gasteiger partial charge in [0.15, 0.2) is 15.5 Å². The second-order valence-electron chi connectivity index (χ2n) is 11.5. The molecular formula is C27H29F2N5NaO3S. The van der Waals surface area contributed by atoms with Crippen molar-refractivity contribution in [2.75, 3.05) is 23.3 Å². The number of halogens is 2. The van der Waals surface area contributed by atoms with Crippen molar-refractivity contribution in [3.63, 3.8) is 0 Å². The first-order chi connectivity index (χ1) is 18.1. The number of sulfone groups is 1. The minimum atomic E-state index is -3.39. The van der Waals surface area contributed by atoms with Crippen molar-refractivity contribution in [1.82, 2.24) is 14.8 Å². The number of carbonyl (C=O) groups excluding carboxylic acids is 1. The van der Waals surface area contributed by atoms with Crippen LogP contribution in [0.1, 0.15) is 67.9 Å². The molecule has 1 aliphatic heterocycles. The van der Waals surface area contributed by atoms with Gasteiger partial charge in [-0.2, -0.15) is 5.10 Å². The molecule has 12 heteroatoms. The van der Waals surface area contributed by atoms with Crippen LogP contribution in [0, 0.1) is 5.41 Å². The number of amides is 1. The van der Waals surface area contributed by atoms with E-state index in [1.54, 1.807) is 36.5 Å². The van der Waals surface area contributed by atoms with Crippen LogP contribution in [-0.4, -0.2) is 82.9 Å². The van der Waals surface area contributed by atoms with Crippen molar-refractivity contribution in [1.29, 1.82) is 0 Å². The zero-order chi connectivity index (χ0) is 26.3. The molecule has 3 aliphatic carbocycles. The van der Waals surface area contributed by atoms with Gasteiger partial charge in [0.25, 0.3) is 11.8 Å². The molecule has 2 aromatic heterocycles. The molecule has 1 saturated heterocycles. The van der Waals surface area contributed by atoms with Crippen LogP contribution < -0.4 is 10.2 Å². The Bertz CT molecular complexity index is 1550. The zero-order valence-corrected chi connectivity index (χ0v) is 24.7. The molecule has 1 N–H and O–H groups in total. The van der Waals surface area contributed by atoms with E-state index in [-0.39, 0.29) is 53.3 Å². The van der Waals surface area contributed by atoms with E-state index >= 15 is 0 Å². The summed E-state index contributed by atoms with van der Waals surface area (Å²) in [6.45, 7) is 1.62. The molecule has 1 aromatic carbocycles. The number of nitrogens with zero attached hydrogens (tertiary/aromatic N) is 4. The number of alkyl halides is 2. The minimum absolute atomic E-state index is 0. The van der Waals surface area contributed by atoms with Crippen LogP contribution in [0.25, 0.3) is 11.0 Å². The smallest absolute Gasteiger partial charge is 0.274 e. The molecule has 39 heavy (non-hydrogen) atoms. The van der Waals surface area contributed by atoms with E-state index in [9.17, 15) is 22.0 Å². The first-order valence-electron chi connectivity index (χ1n) is 13.3. The van der Waals surface area contributed by atoms with E-state index in [2.05, 4.69) is 20.3 Å². The Morgan fingerprint density at radius 2 is 1.74 bits per heavy atom. The fourth-order valence-corrected chi connectivity index (χ4v) is 7.51. The van der Waals surface area contributed by atoms with Crippen LogP contribution in [0.2, 0.25) is 0 Å². The molecule has 4 fully saturated rings. The number of benzene rings is 1. The Kier molecular flexibility index (Phi) is 6.60. The van der Waals surface area contributed by atoms with Crippen molar-refractivity contribution >= 4 is 67.7 Å². The van der Waals surface area contributed by atoms with Gasteiger partial charge in [0.1, 0.15) is 5.69 Å². The third-order valence-electron chi connectivity index (χ3n) is 8.72. The monoisotopic (exact) mass is 564 g/mol. The van der Waals surface area contributed by atoms with E-state index in [1.165, 1.54) is 17.5 Å². The van der Waals surface area contributed by atoms with Gasteiger partial charge < -0.3 is 10.2 Å². The van der Waals surface area contributed by atoms with E-state index in [0.29, 0.717) is 45.6 Å². The van der Waals surface area contributed by atoms with E-state index < -0.39 is 27.7 Å². The molecule has 1 radical (unpaired) electrons. The summed E-state index contributed by atoms with van der Waals surface area (Å²) in [5, 5.41) is 7.54. The first-order valence-corrected chi connectivity index (χ1v) is 14.8. The summed E-state index contributed by atoms with van der Waals surface area (Å²) >= 11 is 0. The van der Waals surface area contributed by atoms with E-state index in [1.807, 2.05) is 0 Å². The van der Waals surface area contributed by atoms with Gasteiger partial charge in [0.2, 0.25) is 0 Å². The Morgan fingerprint density at radius 3 is 2.38 bits per heavy atom. The fraction of sp³-hybridized carbons (Fsp3) is 0.519. The van der Waals surface area contributed by atoms with Gasteiger partial charge in [-0.15, -0.1) is 0 Å². The van der Waals surface area contributed by atoms with Crippen molar-refractivity contribution in [2.24, 2.45) is 5.41 Å². The molecule has 0 unspecified atom stereocenters. The average Bonchev–Trinajstić information content (AvgIpc) is 3.82. The van der Waals surface area contributed by atoms with Gasteiger partial charge in [-0.1, -0.05) is 0 Å². The SMILES string of the molecule is O=C(Nc1ccc(S(=O)(=O)C2CC2)cc1N1CCC2(CC1)CC2)c1ccc2cnn(C3CC(F)(F)C3)c2n1.[Na]. The zero-order valence-electron chi connectivity index (χ0n) is 21.9. The summed E-state index contributed by atoms with van der Waals surface area (Å²) in [6, 6.07) is 7.79. The summed E-state index contributed by atoms with van der Waals surface area (Å²) in [6.07, 6.45) is 6.98. The number of hydrogen-bond donors (Lipinski definition) is 1. The molecule has 0 atom stereocenters. The van der Waals surface area contributed by atoms with Crippen molar-refractivity contribution < 1.29 is 22.0 Å². The normalized spacial score (nSPS) is 21.8. The number of piperidine rings is 1. The molecule has 3 aromatic rings. The van der Waals surface area contributed by atoms with Gasteiger partial charge in [-0.05, 0) is 74.3 Å². The summed E-state index contributed by atoms with van der Waals surface area (Å²) in [5.74, 6) is -3.14. The number of aromatic nitrogens is 3. The molecule has 1 amide bonds. The number of hydrogen-bond acceptors (Lipinski definition) is 6. The summed E-state index contributed by atoms with van der Waals surface area (Å²) in [7, 11) is -3.39. The summed E-state index contributed by atoms with van der Waals surface area (Å²) in [5.41, 5.74) is 2.23. The van der Waals surface area contributed by atoms with E-state index in [0.717, 1.165) is 25.9 Å². The van der Waals surface area contributed by atoms with Crippen LogP contribution in [0.15, 0.2) is 41.4 Å². The molecule has 3 heterocycles. The molecule has 7 rings (SSSR count). The van der Waals surface area contributed by atoms with E-state index in [4.69, 9.17) is 0 Å². The summed E-state index contributed by atoms with van der Waals surface area (Å²) < 4.78 is 54.3. The number of carbonyl (C=O) groups is 1. The van der Waals surface area contributed by atoms with Gasteiger partial charge in [0.05, 0.1) is 33.8 Å². The van der Waals surface area contributed by atoms with Gasteiger partial charge in [-0.25, -0.2) is 26.9 Å². The molecular weight excluding hydrogens is 535 g/mol. The third kappa shape index (κ3) is 5.00. The molecule has 201 valence electrons. The Hall–Kier alpha value is -2.08. The Balaban J connectivity index is 0.00000277. The standard InChI is InChI=1S/C27H29F2N5O3S.Na/c28-27(29)14-18(15-27)34-24-17(16-30-34)1-5-22(31-24)25(35)32-21-6-4-20(38(36,37)19-2-3-19)13-23(21)33-11-9-26(7-8-26)10-12-33;/h1,4-6,13,16,18-19H,2-3,7-12,14-15H2,(H,32,35);. The second kappa shape index (κ2) is 9.49. The topological polar surface area (TPSA) is 97.2 Å². The molecule has 8 nitrogen and oxygen atoms in total. The first kappa shape index (κ1) is 27.1. The van der Waals surface area contributed by atoms with Crippen LogP contribution in [0.4, 0.5) is 20.2 Å². The number of nitrogens with one attached hydrogen (secondary N) is 1. The maximum atomic E-state index is 13.4. The predicted octanol–water partition coefficient (Wildman–Crippen LogP) is 4.59. The Labute approximate surface area is 247 Å². The largest absolute Gasteiger partial charge is 0.370 e. The van der Waals surface area contributed by atoms with Gasteiger partial charge >= 0.3 is 0 Å². The van der Waals surface area contributed by atoms with Crippen LogP contribution in [0.5, 0.6) is 0 Å². The third-order valence-corrected chi connectivity index (χ3v) is 11.0. The number of rotatable bonds is 6. The van der Waals surface area contributed by atoms with Crippen LogP contribution in [0.3, 0.4) is 0 Å². The molecule has 3 saturated carbocycles. The Morgan fingerprint density at radius 1 is 1.03 bits per heavy atom. The number of fused-ring (bicyclic) bond motifs is 1. The van der Waals surface area contributed by atoms with Gasteiger partial charge in [0, 0.05) is 60.9 Å². The van der Waals surface area contributed by atoms with Gasteiger partial charge in [-0.3, -0.25) is 4.79 Å². The maximum absolute atomic E-state index is 13.4. The predicted molar refractivity (Wildman–Crippen MR) is 144 cm³/mol. The number of anilines is 2. The summed E-state index contributed by atoms with van der Waals surface area (Å²) in [4.78, 5) is 20.3. The minimum Gasteiger partial charge on any atom is -0.370 e. The van der Waals surface area contributed by atoms with Crippen molar-refractivity contribution in [3.05, 3.63) is 42.2 Å². The second-order valence-corrected chi connectivity index (χ2v) is 13.7.